The monoisotopic (exact) mass is 778 g/mol. The van der Waals surface area contributed by atoms with Gasteiger partial charge in [0.1, 0.15) is 16.8 Å². The highest BCUT2D eigenvalue weighted by atomic mass is 16.3. The van der Waals surface area contributed by atoms with Gasteiger partial charge >= 0.3 is 0 Å². The van der Waals surface area contributed by atoms with Crippen molar-refractivity contribution in [1.29, 1.82) is 0 Å². The van der Waals surface area contributed by atoms with Gasteiger partial charge in [0.15, 0.2) is 11.4 Å². The van der Waals surface area contributed by atoms with Gasteiger partial charge in [-0.2, -0.15) is 0 Å². The highest BCUT2D eigenvalue weighted by molar-refractivity contribution is 6.07. The van der Waals surface area contributed by atoms with Gasteiger partial charge in [-0.1, -0.05) is 176 Å². The molecule has 0 N–H and O–H groups in total. The second-order valence-electron chi connectivity index (χ2n) is 15.4. The van der Waals surface area contributed by atoms with E-state index in [1.54, 1.807) is 0 Å². The van der Waals surface area contributed by atoms with Crippen LogP contribution in [0.5, 0.6) is 0 Å². The fraction of sp³-hybridized carbons (Fsp3) is 0. The largest absolute Gasteiger partial charge is 0.452 e. The Labute approximate surface area is 354 Å². The number of fused-ring (bicyclic) bond motifs is 3. The van der Waals surface area contributed by atoms with Crippen LogP contribution < -0.4 is 0 Å². The summed E-state index contributed by atoms with van der Waals surface area (Å²) < 4.78 is 6.50. The molecule has 2 aromatic heterocycles. The number of hydrogen-bond acceptors (Lipinski definition) is 3. The first kappa shape index (κ1) is 36.0. The van der Waals surface area contributed by atoms with Gasteiger partial charge in [-0.3, -0.25) is 0 Å². The predicted molar refractivity (Wildman–Crippen MR) is 253 cm³/mol. The van der Waals surface area contributed by atoms with E-state index in [4.69, 9.17) is 14.4 Å². The first-order valence-corrected chi connectivity index (χ1v) is 20.6. The molecule has 0 saturated carbocycles. The minimum Gasteiger partial charge on any atom is -0.452 e. The molecular formula is C58H38N2O. The Bertz CT molecular complexity index is 3350. The van der Waals surface area contributed by atoms with E-state index < -0.39 is 0 Å². The van der Waals surface area contributed by atoms with Gasteiger partial charge in [0.05, 0.1) is 0 Å². The van der Waals surface area contributed by atoms with E-state index >= 15 is 0 Å². The number of benzene rings is 9. The van der Waals surface area contributed by atoms with Crippen LogP contribution in [-0.2, 0) is 0 Å². The van der Waals surface area contributed by atoms with E-state index in [2.05, 4.69) is 206 Å². The van der Waals surface area contributed by atoms with E-state index in [9.17, 15) is 0 Å². The van der Waals surface area contributed by atoms with Crippen molar-refractivity contribution in [2.75, 3.05) is 0 Å². The fourth-order valence-corrected chi connectivity index (χ4v) is 8.38. The van der Waals surface area contributed by atoms with E-state index in [1.165, 1.54) is 33.4 Å². The van der Waals surface area contributed by atoms with Crippen LogP contribution in [0.4, 0.5) is 0 Å². The van der Waals surface area contributed by atoms with Crippen molar-refractivity contribution in [2.45, 2.75) is 0 Å². The Morgan fingerprint density at radius 3 is 1.15 bits per heavy atom. The highest BCUT2D eigenvalue weighted by Crippen LogP contribution is 2.39. The Morgan fingerprint density at radius 1 is 0.262 bits per heavy atom. The molecule has 0 aliphatic carbocycles. The minimum absolute atomic E-state index is 0.648. The summed E-state index contributed by atoms with van der Waals surface area (Å²) in [7, 11) is 0. The van der Waals surface area contributed by atoms with Crippen molar-refractivity contribution in [3.8, 4) is 89.4 Å². The van der Waals surface area contributed by atoms with Gasteiger partial charge in [0.25, 0.3) is 0 Å². The maximum atomic E-state index is 6.50. The van der Waals surface area contributed by atoms with Gasteiger partial charge in [-0.25, -0.2) is 9.97 Å². The molecule has 0 atom stereocenters. The molecule has 3 heteroatoms. The van der Waals surface area contributed by atoms with Gasteiger partial charge in [0, 0.05) is 16.5 Å². The number of para-hydroxylation sites is 1. The lowest BCUT2D eigenvalue weighted by Crippen LogP contribution is -1.94. The van der Waals surface area contributed by atoms with Crippen LogP contribution in [0.15, 0.2) is 235 Å². The molecule has 0 unspecified atom stereocenters. The summed E-state index contributed by atoms with van der Waals surface area (Å²) in [4.78, 5) is 10.5. The van der Waals surface area contributed by atoms with Gasteiger partial charge in [-0.15, -0.1) is 0 Å². The smallest absolute Gasteiger partial charge is 0.180 e. The van der Waals surface area contributed by atoms with Crippen molar-refractivity contribution >= 4 is 22.1 Å². The average Bonchev–Trinajstić information content (AvgIpc) is 3.73. The lowest BCUT2D eigenvalue weighted by atomic mass is 9.91. The summed E-state index contributed by atoms with van der Waals surface area (Å²) in [5.74, 6) is 0.648. The summed E-state index contributed by atoms with van der Waals surface area (Å²) in [6.45, 7) is 0. The Morgan fingerprint density at radius 2 is 0.607 bits per heavy atom. The summed E-state index contributed by atoms with van der Waals surface area (Å²) in [6.07, 6.45) is 0. The quantitative estimate of drug-likeness (QED) is 0.154. The summed E-state index contributed by atoms with van der Waals surface area (Å²) in [6, 6.07) is 81.4. The van der Waals surface area contributed by atoms with Crippen molar-refractivity contribution in [3.63, 3.8) is 0 Å². The number of furan rings is 1. The molecule has 0 aliphatic rings. The first-order valence-electron chi connectivity index (χ1n) is 20.6. The maximum Gasteiger partial charge on any atom is 0.180 e. The summed E-state index contributed by atoms with van der Waals surface area (Å²) in [5, 5.41) is 0.967. The Balaban J connectivity index is 1.01. The lowest BCUT2D eigenvalue weighted by Gasteiger charge is -2.13. The van der Waals surface area contributed by atoms with Crippen LogP contribution in [0, 0.1) is 0 Å². The second-order valence-corrected chi connectivity index (χ2v) is 15.4. The molecular weight excluding hydrogens is 741 g/mol. The van der Waals surface area contributed by atoms with Gasteiger partial charge in [0.2, 0.25) is 0 Å². The van der Waals surface area contributed by atoms with Crippen LogP contribution >= 0.6 is 0 Å². The molecule has 9 aromatic carbocycles. The number of rotatable bonds is 8. The van der Waals surface area contributed by atoms with Crippen LogP contribution in [0.1, 0.15) is 0 Å². The molecule has 3 nitrogen and oxygen atoms in total. The highest BCUT2D eigenvalue weighted by Gasteiger charge is 2.19. The zero-order chi connectivity index (χ0) is 40.5. The standard InChI is InChI=1S/C58H38N2O/c1-4-16-39(17-5-1)42-22-12-26-46(32-42)51-36-50(41-20-8-3-9-21-41)37-52(38-51)47-27-13-24-44(33-47)45-25-15-29-49(35-45)58-59-55(57-56(60-58)53-30-10-11-31-54(53)61-57)48-28-14-23-43(34-48)40-18-6-2-7-19-40/h1-38H. The first-order chi connectivity index (χ1) is 30.2. The molecule has 0 aliphatic heterocycles. The fourth-order valence-electron chi connectivity index (χ4n) is 8.38. The third-order valence-electron chi connectivity index (χ3n) is 11.5. The lowest BCUT2D eigenvalue weighted by molar-refractivity contribution is 0.667. The molecule has 0 fully saturated rings. The van der Waals surface area contributed by atoms with Crippen molar-refractivity contribution in [1.82, 2.24) is 9.97 Å². The second kappa shape index (κ2) is 15.6. The zero-order valence-electron chi connectivity index (χ0n) is 33.2. The van der Waals surface area contributed by atoms with Crippen LogP contribution in [-0.4, -0.2) is 9.97 Å². The van der Waals surface area contributed by atoms with Gasteiger partial charge < -0.3 is 4.42 Å². The van der Waals surface area contributed by atoms with E-state index in [0.29, 0.717) is 11.4 Å². The van der Waals surface area contributed by atoms with Crippen molar-refractivity contribution in [2.24, 2.45) is 0 Å². The van der Waals surface area contributed by atoms with E-state index in [0.717, 1.165) is 66.7 Å². The molecule has 0 bridgehead atoms. The molecule has 2 heterocycles. The SMILES string of the molecule is c1ccc(-c2cccc(-c3cc(-c4ccccc4)cc(-c4cccc(-c5cccc(-c6nc(-c7cccc(-c8ccccc8)c7)c7oc8ccccc8c7n6)c5)c4)c3)c2)cc1. The predicted octanol–water partition coefficient (Wildman–Crippen LogP) is 15.7. The van der Waals surface area contributed by atoms with Crippen LogP contribution in [0.3, 0.4) is 0 Å². The van der Waals surface area contributed by atoms with Crippen LogP contribution in [0.25, 0.3) is 111 Å². The number of nitrogens with zero attached hydrogens (tertiary/aromatic N) is 2. The molecule has 0 saturated heterocycles. The Kier molecular flexibility index (Phi) is 9.18. The molecule has 61 heavy (non-hydrogen) atoms. The van der Waals surface area contributed by atoms with E-state index in [1.807, 2.05) is 24.3 Å². The third-order valence-corrected chi connectivity index (χ3v) is 11.5. The number of hydrogen-bond donors (Lipinski definition) is 0. The van der Waals surface area contributed by atoms with E-state index in [-0.39, 0.29) is 0 Å². The van der Waals surface area contributed by atoms with Gasteiger partial charge in [-0.05, 0) is 121 Å². The molecule has 286 valence electrons. The Hall–Kier alpha value is -8.14. The normalized spacial score (nSPS) is 11.3. The van der Waals surface area contributed by atoms with Crippen LogP contribution in [0.2, 0.25) is 0 Å². The topological polar surface area (TPSA) is 38.9 Å². The molecule has 11 aromatic rings. The average molecular weight is 779 g/mol. The minimum atomic E-state index is 0.648. The van der Waals surface area contributed by atoms with Crippen molar-refractivity contribution < 1.29 is 4.42 Å². The zero-order valence-corrected chi connectivity index (χ0v) is 33.2. The third kappa shape index (κ3) is 7.09. The number of aromatic nitrogens is 2. The molecule has 0 spiro atoms. The maximum absolute atomic E-state index is 6.50. The molecule has 11 rings (SSSR count). The molecule has 0 amide bonds. The summed E-state index contributed by atoms with van der Waals surface area (Å²) >= 11 is 0. The summed E-state index contributed by atoms with van der Waals surface area (Å²) in [5.41, 5.74) is 18.8. The van der Waals surface area contributed by atoms with Crippen molar-refractivity contribution in [3.05, 3.63) is 231 Å². The molecule has 0 radical (unpaired) electrons.